The third kappa shape index (κ3) is 3.76. The van der Waals surface area contributed by atoms with Crippen LogP contribution < -0.4 is 11.1 Å². The fourth-order valence-electron chi connectivity index (χ4n) is 3.99. The van der Waals surface area contributed by atoms with Gasteiger partial charge in [-0.3, -0.25) is 4.68 Å². The van der Waals surface area contributed by atoms with E-state index in [0.29, 0.717) is 34.3 Å². The molecule has 0 aliphatic carbocycles. The van der Waals surface area contributed by atoms with E-state index in [4.69, 9.17) is 5.73 Å². The van der Waals surface area contributed by atoms with Crippen LogP contribution in [-0.2, 0) is 5.92 Å². The summed E-state index contributed by atoms with van der Waals surface area (Å²) in [5, 5.41) is 7.90. The van der Waals surface area contributed by atoms with Crippen LogP contribution in [0.4, 0.5) is 14.6 Å². The predicted octanol–water partition coefficient (Wildman–Crippen LogP) is 4.11. The van der Waals surface area contributed by atoms with E-state index in [9.17, 15) is 8.78 Å². The first-order chi connectivity index (χ1) is 14.9. The number of halogens is 2. The van der Waals surface area contributed by atoms with Crippen LogP contribution in [0.3, 0.4) is 0 Å². The van der Waals surface area contributed by atoms with Crippen molar-refractivity contribution in [2.24, 2.45) is 0 Å². The minimum Gasteiger partial charge on any atom is -0.383 e. The maximum atomic E-state index is 13.7. The minimum absolute atomic E-state index is 0.0691. The number of piperidine rings is 1. The van der Waals surface area contributed by atoms with E-state index in [1.807, 2.05) is 23.1 Å². The van der Waals surface area contributed by atoms with Crippen LogP contribution in [0.15, 0.2) is 42.9 Å². The molecule has 3 aromatic heterocycles. The van der Waals surface area contributed by atoms with E-state index < -0.39 is 5.92 Å². The number of hydrogen-bond donors (Lipinski definition) is 3. The number of imidazole rings is 1. The van der Waals surface area contributed by atoms with E-state index in [0.717, 1.165) is 44.0 Å². The second-order valence-corrected chi connectivity index (χ2v) is 8.05. The molecule has 7 nitrogen and oxygen atoms in total. The highest BCUT2D eigenvalue weighted by Crippen LogP contribution is 2.32. The van der Waals surface area contributed by atoms with Crippen molar-refractivity contribution in [3.63, 3.8) is 0 Å². The van der Waals surface area contributed by atoms with E-state index in [1.165, 1.54) is 12.1 Å². The molecule has 160 valence electrons. The first kappa shape index (κ1) is 19.6. The van der Waals surface area contributed by atoms with E-state index >= 15 is 0 Å². The average molecular weight is 423 g/mol. The number of nitrogens with two attached hydrogens (primary N) is 1. The Balaban J connectivity index is 1.50. The van der Waals surface area contributed by atoms with Crippen molar-refractivity contribution in [3.05, 3.63) is 48.4 Å². The molecule has 5 rings (SSSR count). The summed E-state index contributed by atoms with van der Waals surface area (Å²) in [6.07, 6.45) is 7.66. The Morgan fingerprint density at radius 2 is 1.94 bits per heavy atom. The summed E-state index contributed by atoms with van der Waals surface area (Å²) in [5.74, 6) is -2.12. The second kappa shape index (κ2) is 7.42. The molecule has 1 aromatic carbocycles. The topological polar surface area (TPSA) is 97.4 Å². The van der Waals surface area contributed by atoms with Gasteiger partial charge in [0, 0.05) is 36.0 Å². The van der Waals surface area contributed by atoms with Gasteiger partial charge in [0.15, 0.2) is 0 Å². The SMILES string of the molecule is CC(F)(F)c1ccc2nc(-c3cc(-c4cnn(C5CCNCC5)c4)cnc3N)[nH]c2c1. The van der Waals surface area contributed by atoms with Crippen LogP contribution in [0.5, 0.6) is 0 Å². The molecule has 31 heavy (non-hydrogen) atoms. The number of nitrogens with zero attached hydrogens (tertiary/aromatic N) is 4. The zero-order valence-electron chi connectivity index (χ0n) is 17.1. The van der Waals surface area contributed by atoms with Gasteiger partial charge in [0.2, 0.25) is 0 Å². The monoisotopic (exact) mass is 423 g/mol. The number of fused-ring (bicyclic) bond motifs is 1. The smallest absolute Gasteiger partial charge is 0.270 e. The zero-order chi connectivity index (χ0) is 21.6. The Morgan fingerprint density at radius 1 is 1.13 bits per heavy atom. The number of benzene rings is 1. The number of nitrogens with one attached hydrogen (secondary N) is 2. The van der Waals surface area contributed by atoms with Crippen LogP contribution in [0.1, 0.15) is 31.4 Å². The molecule has 0 unspecified atom stereocenters. The van der Waals surface area contributed by atoms with Gasteiger partial charge in [0.05, 0.1) is 28.8 Å². The molecule has 0 saturated carbocycles. The lowest BCUT2D eigenvalue weighted by atomic mass is 10.1. The van der Waals surface area contributed by atoms with Gasteiger partial charge in [-0.15, -0.1) is 0 Å². The largest absolute Gasteiger partial charge is 0.383 e. The fourth-order valence-corrected chi connectivity index (χ4v) is 3.99. The highest BCUT2D eigenvalue weighted by atomic mass is 19.3. The molecule has 4 aromatic rings. The number of aromatic amines is 1. The first-order valence-electron chi connectivity index (χ1n) is 10.3. The molecule has 0 atom stereocenters. The van der Waals surface area contributed by atoms with Crippen LogP contribution in [0, 0.1) is 0 Å². The summed E-state index contributed by atoms with van der Waals surface area (Å²) in [5.41, 5.74) is 9.60. The van der Waals surface area contributed by atoms with Gasteiger partial charge in [-0.2, -0.15) is 5.10 Å². The summed E-state index contributed by atoms with van der Waals surface area (Å²) in [6.45, 7) is 2.86. The maximum absolute atomic E-state index is 13.7. The number of hydrogen-bond acceptors (Lipinski definition) is 5. The zero-order valence-corrected chi connectivity index (χ0v) is 17.1. The van der Waals surface area contributed by atoms with Crippen molar-refractivity contribution in [1.29, 1.82) is 0 Å². The lowest BCUT2D eigenvalue weighted by molar-refractivity contribution is 0.0176. The summed E-state index contributed by atoms with van der Waals surface area (Å²) < 4.78 is 29.4. The fraction of sp³-hybridized carbons (Fsp3) is 0.318. The van der Waals surface area contributed by atoms with Crippen LogP contribution in [0.25, 0.3) is 33.5 Å². The van der Waals surface area contributed by atoms with Gasteiger partial charge in [-0.05, 0) is 44.1 Å². The Labute approximate surface area is 177 Å². The normalized spacial score (nSPS) is 15.6. The number of pyridine rings is 1. The van der Waals surface area contributed by atoms with Gasteiger partial charge in [0.25, 0.3) is 5.92 Å². The highest BCUT2D eigenvalue weighted by molar-refractivity contribution is 5.83. The van der Waals surface area contributed by atoms with E-state index in [2.05, 4.69) is 25.4 Å². The predicted molar refractivity (Wildman–Crippen MR) is 116 cm³/mol. The molecule has 1 aliphatic heterocycles. The Bertz CT molecular complexity index is 1230. The lowest BCUT2D eigenvalue weighted by Crippen LogP contribution is -2.29. The van der Waals surface area contributed by atoms with Crippen LogP contribution in [0.2, 0.25) is 0 Å². The van der Waals surface area contributed by atoms with Crippen molar-refractivity contribution < 1.29 is 8.78 Å². The third-order valence-electron chi connectivity index (χ3n) is 5.78. The lowest BCUT2D eigenvalue weighted by Gasteiger charge is -2.22. The van der Waals surface area contributed by atoms with Gasteiger partial charge in [0.1, 0.15) is 11.6 Å². The molecular formula is C22H23F2N7. The van der Waals surface area contributed by atoms with Gasteiger partial charge in [-0.25, -0.2) is 18.7 Å². The Hall–Kier alpha value is -3.33. The number of H-pyrrole nitrogens is 1. The molecule has 0 bridgehead atoms. The maximum Gasteiger partial charge on any atom is 0.270 e. The average Bonchev–Trinajstić information content (AvgIpc) is 3.41. The van der Waals surface area contributed by atoms with Crippen molar-refractivity contribution in [2.45, 2.75) is 31.7 Å². The summed E-state index contributed by atoms with van der Waals surface area (Å²) >= 11 is 0. The molecule has 1 aliphatic rings. The molecule has 0 spiro atoms. The molecule has 1 saturated heterocycles. The van der Waals surface area contributed by atoms with Crippen molar-refractivity contribution in [3.8, 4) is 22.5 Å². The molecule has 0 amide bonds. The van der Waals surface area contributed by atoms with Gasteiger partial charge >= 0.3 is 0 Å². The summed E-state index contributed by atoms with van der Waals surface area (Å²) in [4.78, 5) is 12.0. The van der Waals surface area contributed by atoms with Crippen molar-refractivity contribution in [2.75, 3.05) is 18.8 Å². The summed E-state index contributed by atoms with van der Waals surface area (Å²) in [6, 6.07) is 6.68. The van der Waals surface area contributed by atoms with Crippen LogP contribution >= 0.6 is 0 Å². The highest BCUT2D eigenvalue weighted by Gasteiger charge is 2.25. The minimum atomic E-state index is -2.92. The molecule has 4 N–H and O–H groups in total. The molecule has 4 heterocycles. The Morgan fingerprint density at radius 3 is 2.71 bits per heavy atom. The van der Waals surface area contributed by atoms with Crippen molar-refractivity contribution in [1.82, 2.24) is 30.0 Å². The summed E-state index contributed by atoms with van der Waals surface area (Å²) in [7, 11) is 0. The quantitative estimate of drug-likeness (QED) is 0.459. The second-order valence-electron chi connectivity index (χ2n) is 8.05. The van der Waals surface area contributed by atoms with Gasteiger partial charge < -0.3 is 16.0 Å². The number of nitrogen functional groups attached to an aromatic ring is 1. The third-order valence-corrected chi connectivity index (χ3v) is 5.78. The van der Waals surface area contributed by atoms with Crippen LogP contribution in [-0.4, -0.2) is 37.8 Å². The molecule has 1 fully saturated rings. The van der Waals surface area contributed by atoms with E-state index in [1.54, 1.807) is 12.3 Å². The van der Waals surface area contributed by atoms with Crippen molar-refractivity contribution >= 4 is 16.9 Å². The van der Waals surface area contributed by atoms with Gasteiger partial charge in [-0.1, -0.05) is 6.07 Å². The molecular weight excluding hydrogens is 400 g/mol. The number of alkyl halides is 2. The first-order valence-corrected chi connectivity index (χ1v) is 10.3. The standard InChI is InChI=1S/C22H23F2N7/c1-22(23,24)15-2-3-18-19(9-15)30-21(29-18)17-8-13(10-27-20(17)25)14-11-28-31(12-14)16-4-6-26-7-5-16/h2-3,8-12,16,26H,4-7H2,1H3,(H2,25,27)(H,29,30). The number of rotatable bonds is 4. The number of aromatic nitrogens is 5. The van der Waals surface area contributed by atoms with E-state index in [-0.39, 0.29) is 5.56 Å². The number of anilines is 1. The Kier molecular flexibility index (Phi) is 4.70. The molecule has 0 radical (unpaired) electrons. The molecule has 9 heteroatoms.